The Morgan fingerprint density at radius 3 is 2.32 bits per heavy atom. The van der Waals surface area contributed by atoms with Gasteiger partial charge in [-0.15, -0.1) is 0 Å². The first kappa shape index (κ1) is 20.2. The summed E-state index contributed by atoms with van der Waals surface area (Å²) in [5.74, 6) is 1.97. The molecule has 1 saturated heterocycles. The molecule has 9 heteroatoms. The van der Waals surface area contributed by atoms with Crippen molar-refractivity contribution < 1.29 is 22.6 Å². The van der Waals surface area contributed by atoms with Gasteiger partial charge < -0.3 is 14.4 Å². The number of aryl methyl sites for hydroxylation is 1. The highest BCUT2D eigenvalue weighted by Gasteiger charge is 2.34. The Balaban J connectivity index is 1.68. The lowest BCUT2D eigenvalue weighted by Gasteiger charge is -2.35. The fraction of sp³-hybridized carbons (Fsp3) is 0.474. The second-order valence-corrected chi connectivity index (χ2v) is 6.60. The number of aromatic nitrogens is 2. The van der Waals surface area contributed by atoms with E-state index in [0.29, 0.717) is 38.5 Å². The van der Waals surface area contributed by atoms with E-state index in [2.05, 4.69) is 14.9 Å². The molecule has 3 rings (SSSR count). The summed E-state index contributed by atoms with van der Waals surface area (Å²) < 4.78 is 49.7. The monoisotopic (exact) mass is 396 g/mol. The normalized spacial score (nSPS) is 15.6. The predicted molar refractivity (Wildman–Crippen MR) is 98.8 cm³/mol. The van der Waals surface area contributed by atoms with Crippen LogP contribution in [0.1, 0.15) is 17.1 Å². The first-order valence-corrected chi connectivity index (χ1v) is 8.91. The minimum Gasteiger partial charge on any atom is -0.497 e. The lowest BCUT2D eigenvalue weighted by Crippen LogP contribution is -2.46. The van der Waals surface area contributed by atoms with E-state index in [4.69, 9.17) is 9.47 Å². The minimum absolute atomic E-state index is 0.119. The van der Waals surface area contributed by atoms with Gasteiger partial charge in [-0.25, -0.2) is 9.97 Å². The van der Waals surface area contributed by atoms with Crippen molar-refractivity contribution in [1.29, 1.82) is 0 Å². The molecule has 1 aliphatic rings. The Kier molecular flexibility index (Phi) is 5.93. The summed E-state index contributed by atoms with van der Waals surface area (Å²) in [6.07, 6.45) is -4.48. The maximum absolute atomic E-state index is 13.0. The van der Waals surface area contributed by atoms with Crippen LogP contribution in [-0.4, -0.2) is 55.3 Å². The van der Waals surface area contributed by atoms with Gasteiger partial charge >= 0.3 is 6.18 Å². The van der Waals surface area contributed by atoms with Crippen molar-refractivity contribution in [2.75, 3.05) is 45.3 Å². The van der Waals surface area contributed by atoms with E-state index >= 15 is 0 Å². The van der Waals surface area contributed by atoms with Gasteiger partial charge in [0.1, 0.15) is 28.8 Å². The van der Waals surface area contributed by atoms with Crippen molar-refractivity contribution in [3.05, 3.63) is 41.3 Å². The number of methoxy groups -OCH3 is 2. The number of benzene rings is 1. The maximum Gasteiger partial charge on any atom is 0.433 e. The zero-order valence-electron chi connectivity index (χ0n) is 16.1. The maximum atomic E-state index is 13.0. The number of hydrogen-bond donors (Lipinski definition) is 0. The van der Waals surface area contributed by atoms with Crippen LogP contribution >= 0.6 is 0 Å². The first-order chi connectivity index (χ1) is 13.3. The van der Waals surface area contributed by atoms with E-state index in [-0.39, 0.29) is 5.82 Å². The third-order valence-electron chi connectivity index (χ3n) is 4.69. The van der Waals surface area contributed by atoms with Crippen molar-refractivity contribution in [3.63, 3.8) is 0 Å². The summed E-state index contributed by atoms with van der Waals surface area (Å²) in [6, 6.07) is 6.67. The lowest BCUT2D eigenvalue weighted by molar-refractivity contribution is -0.141. The van der Waals surface area contributed by atoms with E-state index < -0.39 is 11.9 Å². The number of rotatable bonds is 5. The molecule has 0 spiro atoms. The molecular formula is C19H23F3N4O2. The molecule has 1 aromatic carbocycles. The van der Waals surface area contributed by atoms with E-state index in [9.17, 15) is 13.2 Å². The number of anilines is 1. The second kappa shape index (κ2) is 8.22. The van der Waals surface area contributed by atoms with Crippen LogP contribution in [0.2, 0.25) is 0 Å². The van der Waals surface area contributed by atoms with Gasteiger partial charge in [-0.2, -0.15) is 13.2 Å². The van der Waals surface area contributed by atoms with Crippen LogP contribution in [0.4, 0.5) is 19.0 Å². The van der Waals surface area contributed by atoms with Crippen molar-refractivity contribution >= 4 is 5.82 Å². The fourth-order valence-corrected chi connectivity index (χ4v) is 3.24. The summed E-state index contributed by atoms with van der Waals surface area (Å²) in [5.41, 5.74) is 0.103. The van der Waals surface area contributed by atoms with Crippen LogP contribution in [0.15, 0.2) is 24.3 Å². The molecule has 2 aromatic rings. The van der Waals surface area contributed by atoms with Crippen molar-refractivity contribution in [3.8, 4) is 11.5 Å². The fourth-order valence-electron chi connectivity index (χ4n) is 3.24. The molecule has 6 nitrogen and oxygen atoms in total. The van der Waals surface area contributed by atoms with E-state index in [1.807, 2.05) is 23.1 Å². The number of ether oxygens (including phenoxy) is 2. The molecule has 0 radical (unpaired) electrons. The van der Waals surface area contributed by atoms with Gasteiger partial charge in [-0.3, -0.25) is 4.90 Å². The zero-order valence-corrected chi connectivity index (χ0v) is 16.1. The third kappa shape index (κ3) is 4.64. The largest absolute Gasteiger partial charge is 0.497 e. The van der Waals surface area contributed by atoms with Crippen LogP contribution in [-0.2, 0) is 12.7 Å². The number of alkyl halides is 3. The molecule has 0 aliphatic carbocycles. The highest BCUT2D eigenvalue weighted by molar-refractivity contribution is 5.42. The average Bonchev–Trinajstić information content (AvgIpc) is 2.67. The zero-order chi connectivity index (χ0) is 20.3. The van der Waals surface area contributed by atoms with Gasteiger partial charge in [0, 0.05) is 44.4 Å². The molecule has 0 saturated carbocycles. The van der Waals surface area contributed by atoms with Gasteiger partial charge in [0.25, 0.3) is 0 Å². The number of hydrogen-bond acceptors (Lipinski definition) is 6. The van der Waals surface area contributed by atoms with E-state index in [1.54, 1.807) is 14.2 Å². The minimum atomic E-state index is -4.48. The lowest BCUT2D eigenvalue weighted by atomic mass is 10.1. The van der Waals surface area contributed by atoms with Crippen molar-refractivity contribution in [1.82, 2.24) is 14.9 Å². The molecule has 28 heavy (non-hydrogen) atoms. The highest BCUT2D eigenvalue weighted by atomic mass is 19.4. The van der Waals surface area contributed by atoms with Gasteiger partial charge in [0.2, 0.25) is 0 Å². The van der Waals surface area contributed by atoms with Gasteiger partial charge in [-0.05, 0) is 25.1 Å². The predicted octanol–water partition coefficient (Wildman–Crippen LogP) is 3.14. The van der Waals surface area contributed by atoms with Crippen LogP contribution < -0.4 is 14.4 Å². The Morgan fingerprint density at radius 1 is 1.00 bits per heavy atom. The Labute approximate surface area is 161 Å². The molecule has 152 valence electrons. The van der Waals surface area contributed by atoms with Crippen LogP contribution in [0.3, 0.4) is 0 Å². The molecule has 1 aliphatic heterocycles. The SMILES string of the molecule is COc1ccc(OC)c(CN2CCN(c3cc(C(F)(F)F)nc(C)n3)CC2)c1. The molecule has 0 unspecified atom stereocenters. The van der Waals surface area contributed by atoms with Crippen molar-refractivity contribution in [2.24, 2.45) is 0 Å². The Bertz CT molecular complexity index is 821. The Morgan fingerprint density at radius 2 is 1.71 bits per heavy atom. The highest BCUT2D eigenvalue weighted by Crippen LogP contribution is 2.30. The standard InChI is InChI=1S/C19H23F3N4O2/c1-13-23-17(19(20,21)22)11-18(24-13)26-8-6-25(7-9-26)12-14-10-15(27-2)4-5-16(14)28-3/h4-5,10-11H,6-9,12H2,1-3H3. The second-order valence-electron chi connectivity index (χ2n) is 6.60. The molecule has 0 bridgehead atoms. The molecule has 0 atom stereocenters. The Hall–Kier alpha value is -2.55. The first-order valence-electron chi connectivity index (χ1n) is 8.91. The summed E-state index contributed by atoms with van der Waals surface area (Å²) in [6.45, 7) is 4.71. The summed E-state index contributed by atoms with van der Waals surface area (Å²) >= 11 is 0. The topological polar surface area (TPSA) is 50.7 Å². The van der Waals surface area contributed by atoms with Gasteiger partial charge in [0.05, 0.1) is 14.2 Å². The van der Waals surface area contributed by atoms with Crippen LogP contribution in [0, 0.1) is 6.92 Å². The smallest absolute Gasteiger partial charge is 0.433 e. The summed E-state index contributed by atoms with van der Waals surface area (Å²) in [4.78, 5) is 11.8. The molecule has 0 amide bonds. The molecule has 2 heterocycles. The van der Waals surface area contributed by atoms with Crippen molar-refractivity contribution in [2.45, 2.75) is 19.6 Å². The summed E-state index contributed by atoms with van der Waals surface area (Å²) in [5, 5.41) is 0. The number of halogens is 3. The quantitative estimate of drug-likeness (QED) is 0.774. The molecule has 1 fully saturated rings. The van der Waals surface area contributed by atoms with E-state index in [1.165, 1.54) is 6.92 Å². The van der Waals surface area contributed by atoms with Crippen LogP contribution in [0.25, 0.3) is 0 Å². The van der Waals surface area contributed by atoms with E-state index in [0.717, 1.165) is 23.1 Å². The number of nitrogens with zero attached hydrogens (tertiary/aromatic N) is 4. The van der Waals surface area contributed by atoms with Crippen LogP contribution in [0.5, 0.6) is 11.5 Å². The average molecular weight is 396 g/mol. The molecule has 1 aromatic heterocycles. The molecule has 0 N–H and O–H groups in total. The number of piperazine rings is 1. The summed E-state index contributed by atoms with van der Waals surface area (Å²) in [7, 11) is 3.24. The van der Waals surface area contributed by atoms with Gasteiger partial charge in [-0.1, -0.05) is 0 Å². The molecular weight excluding hydrogens is 373 g/mol. The third-order valence-corrected chi connectivity index (χ3v) is 4.69. The van der Waals surface area contributed by atoms with Gasteiger partial charge in [0.15, 0.2) is 0 Å².